The number of hydrogen-bond donors (Lipinski definition) is 2. The molecule has 27 heavy (non-hydrogen) atoms. The zero-order valence-electron chi connectivity index (χ0n) is 15.4. The molecule has 150 valence electrons. The summed E-state index contributed by atoms with van der Waals surface area (Å²) >= 11 is 0. The number of rotatable bonds is 9. The number of benzene rings is 1. The van der Waals surface area contributed by atoms with Gasteiger partial charge in [-0.1, -0.05) is 30.3 Å². The topological polar surface area (TPSA) is 63.5 Å². The number of alkyl halides is 2. The molecular formula is C18H26F2IN5O. The van der Waals surface area contributed by atoms with Gasteiger partial charge >= 0.3 is 6.55 Å². The minimum absolute atomic E-state index is 0. The van der Waals surface area contributed by atoms with Crippen molar-refractivity contribution >= 4 is 29.9 Å². The molecular weight excluding hydrogens is 467 g/mol. The third-order valence-corrected chi connectivity index (χ3v) is 3.85. The van der Waals surface area contributed by atoms with E-state index in [1.807, 2.05) is 37.3 Å². The van der Waals surface area contributed by atoms with Gasteiger partial charge in [-0.2, -0.15) is 8.78 Å². The van der Waals surface area contributed by atoms with Crippen molar-refractivity contribution in [2.75, 3.05) is 20.2 Å². The van der Waals surface area contributed by atoms with E-state index in [0.29, 0.717) is 19.1 Å². The quantitative estimate of drug-likeness (QED) is 0.242. The lowest BCUT2D eigenvalue weighted by Crippen LogP contribution is -2.38. The van der Waals surface area contributed by atoms with Crippen LogP contribution in [0, 0.1) is 0 Å². The van der Waals surface area contributed by atoms with E-state index in [-0.39, 0.29) is 42.4 Å². The van der Waals surface area contributed by atoms with Gasteiger partial charge in [-0.3, -0.25) is 9.56 Å². The molecule has 1 unspecified atom stereocenters. The fraction of sp³-hybridized carbons (Fsp3) is 0.444. The van der Waals surface area contributed by atoms with Gasteiger partial charge in [-0.25, -0.2) is 4.98 Å². The van der Waals surface area contributed by atoms with Crippen LogP contribution in [0.2, 0.25) is 0 Å². The molecule has 1 heterocycles. The highest BCUT2D eigenvalue weighted by atomic mass is 127. The highest BCUT2D eigenvalue weighted by Crippen LogP contribution is 2.15. The second-order valence-electron chi connectivity index (χ2n) is 5.66. The normalized spacial score (nSPS) is 12.6. The minimum atomic E-state index is -2.60. The summed E-state index contributed by atoms with van der Waals surface area (Å²) in [5, 5.41) is 6.10. The molecule has 2 N–H and O–H groups in total. The van der Waals surface area contributed by atoms with Crippen molar-refractivity contribution in [2.45, 2.75) is 32.5 Å². The second kappa shape index (κ2) is 12.6. The molecule has 2 rings (SSSR count). The predicted octanol–water partition coefficient (Wildman–Crippen LogP) is 3.73. The average molecular weight is 493 g/mol. The zero-order valence-corrected chi connectivity index (χ0v) is 17.8. The van der Waals surface area contributed by atoms with Crippen LogP contribution in [0.15, 0.2) is 47.7 Å². The van der Waals surface area contributed by atoms with Crippen LogP contribution in [0.3, 0.4) is 0 Å². The van der Waals surface area contributed by atoms with Gasteiger partial charge < -0.3 is 15.4 Å². The van der Waals surface area contributed by atoms with E-state index < -0.39 is 6.55 Å². The molecule has 1 atom stereocenters. The standard InChI is InChI=1S/C18H25F2N5O.HI/c1-14(15-7-4-3-5-8-15)26-12-6-9-23-18(21-2)24-13-16-22-10-11-25(16)17(19)20;/h3-5,7-8,10-11,14,17H,6,9,12-13H2,1-2H3,(H2,21,23,24);1H. The Bertz CT molecular complexity index is 681. The largest absolute Gasteiger partial charge is 0.374 e. The third kappa shape index (κ3) is 7.79. The maximum Gasteiger partial charge on any atom is 0.319 e. The van der Waals surface area contributed by atoms with Crippen LogP contribution >= 0.6 is 24.0 Å². The van der Waals surface area contributed by atoms with Gasteiger partial charge in [-0.05, 0) is 18.9 Å². The molecule has 0 saturated carbocycles. The molecule has 6 nitrogen and oxygen atoms in total. The first-order valence-electron chi connectivity index (χ1n) is 8.52. The van der Waals surface area contributed by atoms with E-state index in [0.717, 1.165) is 16.6 Å². The SMILES string of the molecule is CN=C(NCCCOC(C)c1ccccc1)NCc1nccn1C(F)F.I. The summed E-state index contributed by atoms with van der Waals surface area (Å²) in [5.74, 6) is 0.785. The summed E-state index contributed by atoms with van der Waals surface area (Å²) in [6, 6.07) is 10.0. The Morgan fingerprint density at radius 3 is 2.67 bits per heavy atom. The van der Waals surface area contributed by atoms with Crippen LogP contribution in [0.5, 0.6) is 0 Å². The highest BCUT2D eigenvalue weighted by molar-refractivity contribution is 14.0. The molecule has 0 aliphatic heterocycles. The first-order valence-corrected chi connectivity index (χ1v) is 8.52. The van der Waals surface area contributed by atoms with Gasteiger partial charge in [-0.15, -0.1) is 24.0 Å². The van der Waals surface area contributed by atoms with Gasteiger partial charge in [0.05, 0.1) is 12.6 Å². The third-order valence-electron chi connectivity index (χ3n) is 3.85. The number of ether oxygens (including phenoxy) is 1. The molecule has 0 bridgehead atoms. The molecule has 9 heteroatoms. The monoisotopic (exact) mass is 493 g/mol. The summed E-state index contributed by atoms with van der Waals surface area (Å²) in [5.41, 5.74) is 1.15. The predicted molar refractivity (Wildman–Crippen MR) is 113 cm³/mol. The van der Waals surface area contributed by atoms with Gasteiger partial charge in [0.1, 0.15) is 5.82 Å². The summed E-state index contributed by atoms with van der Waals surface area (Å²) in [4.78, 5) is 7.99. The smallest absolute Gasteiger partial charge is 0.319 e. The van der Waals surface area contributed by atoms with Crippen molar-refractivity contribution in [1.82, 2.24) is 20.2 Å². The summed E-state index contributed by atoms with van der Waals surface area (Å²) < 4.78 is 32.2. The van der Waals surface area contributed by atoms with Crippen molar-refractivity contribution in [3.63, 3.8) is 0 Å². The van der Waals surface area contributed by atoms with Gasteiger partial charge in [0, 0.05) is 32.6 Å². The van der Waals surface area contributed by atoms with E-state index in [1.165, 1.54) is 12.4 Å². The van der Waals surface area contributed by atoms with Crippen LogP contribution in [0.1, 0.15) is 37.4 Å². The zero-order chi connectivity index (χ0) is 18.8. The molecule has 0 amide bonds. The van der Waals surface area contributed by atoms with Crippen molar-refractivity contribution < 1.29 is 13.5 Å². The fourth-order valence-corrected chi connectivity index (χ4v) is 2.40. The summed E-state index contributed by atoms with van der Waals surface area (Å²) in [6.45, 7) is 0.848. The van der Waals surface area contributed by atoms with Crippen molar-refractivity contribution in [3.05, 3.63) is 54.1 Å². The van der Waals surface area contributed by atoms with E-state index in [2.05, 4.69) is 20.6 Å². The van der Waals surface area contributed by atoms with E-state index in [4.69, 9.17) is 4.74 Å². The molecule has 1 aromatic heterocycles. The van der Waals surface area contributed by atoms with E-state index in [9.17, 15) is 8.78 Å². The van der Waals surface area contributed by atoms with Crippen molar-refractivity contribution in [3.8, 4) is 0 Å². The molecule has 0 saturated heterocycles. The molecule has 0 radical (unpaired) electrons. The summed E-state index contributed by atoms with van der Waals surface area (Å²) in [7, 11) is 1.63. The Balaban J connectivity index is 0.00000364. The number of imidazole rings is 1. The lowest BCUT2D eigenvalue weighted by atomic mass is 10.1. The summed E-state index contributed by atoms with van der Waals surface area (Å²) in [6.07, 6.45) is 3.44. The average Bonchev–Trinajstić information content (AvgIpc) is 3.13. The number of nitrogens with zero attached hydrogens (tertiary/aromatic N) is 3. The Labute approximate surface area is 175 Å². The van der Waals surface area contributed by atoms with Crippen LogP contribution in [-0.4, -0.2) is 35.7 Å². The maximum atomic E-state index is 12.8. The number of hydrogen-bond acceptors (Lipinski definition) is 3. The molecule has 2 aromatic rings. The van der Waals surface area contributed by atoms with Crippen LogP contribution < -0.4 is 10.6 Å². The van der Waals surface area contributed by atoms with E-state index >= 15 is 0 Å². The minimum Gasteiger partial charge on any atom is -0.374 e. The van der Waals surface area contributed by atoms with Crippen LogP contribution in [0.4, 0.5) is 8.78 Å². The number of aromatic nitrogens is 2. The fourth-order valence-electron chi connectivity index (χ4n) is 2.40. The molecule has 1 aromatic carbocycles. The van der Waals surface area contributed by atoms with Gasteiger partial charge in [0.2, 0.25) is 0 Å². The number of aliphatic imine (C=N–C) groups is 1. The Hall–Kier alpha value is -1.75. The lowest BCUT2D eigenvalue weighted by molar-refractivity contribution is 0.0645. The van der Waals surface area contributed by atoms with Crippen molar-refractivity contribution in [2.24, 2.45) is 4.99 Å². The van der Waals surface area contributed by atoms with E-state index in [1.54, 1.807) is 7.05 Å². The number of guanidine groups is 1. The van der Waals surface area contributed by atoms with Gasteiger partial charge in [0.15, 0.2) is 5.96 Å². The Morgan fingerprint density at radius 1 is 1.26 bits per heavy atom. The molecule has 0 fully saturated rings. The van der Waals surface area contributed by atoms with Gasteiger partial charge in [0.25, 0.3) is 0 Å². The van der Waals surface area contributed by atoms with Crippen molar-refractivity contribution in [1.29, 1.82) is 0 Å². The highest BCUT2D eigenvalue weighted by Gasteiger charge is 2.11. The lowest BCUT2D eigenvalue weighted by Gasteiger charge is -2.15. The molecule has 0 spiro atoms. The maximum absolute atomic E-state index is 12.8. The van der Waals surface area contributed by atoms with Crippen LogP contribution in [0.25, 0.3) is 0 Å². The van der Waals surface area contributed by atoms with Crippen LogP contribution in [-0.2, 0) is 11.3 Å². The Kier molecular flexibility index (Phi) is 10.9. The molecule has 0 aliphatic carbocycles. The first-order chi connectivity index (χ1) is 12.6. The Morgan fingerprint density at radius 2 is 2.00 bits per heavy atom. The number of nitrogens with one attached hydrogen (secondary N) is 2. The second-order valence-corrected chi connectivity index (χ2v) is 5.66. The number of halogens is 3. The first kappa shape index (κ1) is 23.3. The molecule has 0 aliphatic rings.